The standard InChI is InChI=1S/C19H13ClN4Se/c20-15-10-8-14(9-11-15)17-13-24(23-22-17)18-7-4-12-21-19(18)25-16-5-2-1-3-6-16/h1-13H. The second kappa shape index (κ2) is 7.19. The van der Waals surface area contributed by atoms with E-state index in [2.05, 4.69) is 27.4 Å². The molecule has 4 rings (SSSR count). The van der Waals surface area contributed by atoms with E-state index >= 15 is 0 Å². The topological polar surface area (TPSA) is 43.6 Å². The Balaban J connectivity index is 1.68. The van der Waals surface area contributed by atoms with Crippen molar-refractivity contribution >= 4 is 35.6 Å². The molecule has 25 heavy (non-hydrogen) atoms. The first-order chi connectivity index (χ1) is 12.3. The van der Waals surface area contributed by atoms with Crippen molar-refractivity contribution in [1.29, 1.82) is 0 Å². The van der Waals surface area contributed by atoms with E-state index < -0.39 is 0 Å². The van der Waals surface area contributed by atoms with Gasteiger partial charge in [-0.1, -0.05) is 0 Å². The van der Waals surface area contributed by atoms with Crippen LogP contribution in [-0.4, -0.2) is 34.9 Å². The molecule has 4 aromatic rings. The van der Waals surface area contributed by atoms with E-state index in [9.17, 15) is 0 Å². The van der Waals surface area contributed by atoms with Gasteiger partial charge in [-0.2, -0.15) is 0 Å². The molecule has 2 aromatic carbocycles. The van der Waals surface area contributed by atoms with Crippen molar-refractivity contribution in [2.75, 3.05) is 0 Å². The third-order valence-electron chi connectivity index (χ3n) is 3.59. The van der Waals surface area contributed by atoms with Crippen LogP contribution >= 0.6 is 11.6 Å². The average molecular weight is 412 g/mol. The summed E-state index contributed by atoms with van der Waals surface area (Å²) in [4.78, 5) is 4.57. The summed E-state index contributed by atoms with van der Waals surface area (Å²) in [5, 5.41) is 9.29. The Hall–Kier alpha value is -2.46. The normalized spacial score (nSPS) is 10.8. The van der Waals surface area contributed by atoms with Gasteiger partial charge in [0.15, 0.2) is 0 Å². The predicted octanol–water partition coefficient (Wildman–Crippen LogP) is 2.64. The van der Waals surface area contributed by atoms with Gasteiger partial charge < -0.3 is 0 Å². The molecule has 0 bridgehead atoms. The van der Waals surface area contributed by atoms with Gasteiger partial charge in [0.1, 0.15) is 0 Å². The molecule has 122 valence electrons. The number of halogens is 1. The van der Waals surface area contributed by atoms with Crippen LogP contribution in [0.5, 0.6) is 0 Å². The summed E-state index contributed by atoms with van der Waals surface area (Å²) < 4.78 is 4.08. The molecule has 0 atom stereocenters. The van der Waals surface area contributed by atoms with E-state index in [4.69, 9.17) is 11.6 Å². The Kier molecular flexibility index (Phi) is 4.61. The molecule has 0 unspecified atom stereocenters. The molecule has 0 saturated heterocycles. The summed E-state index contributed by atoms with van der Waals surface area (Å²) in [6.07, 6.45) is 3.74. The summed E-state index contributed by atoms with van der Waals surface area (Å²) in [6, 6.07) is 21.9. The molecule has 4 nitrogen and oxygen atoms in total. The molecule has 2 heterocycles. The summed E-state index contributed by atoms with van der Waals surface area (Å²) >= 11 is 6.05. The summed E-state index contributed by atoms with van der Waals surface area (Å²) in [6.45, 7) is 0. The van der Waals surface area contributed by atoms with Crippen molar-refractivity contribution in [2.24, 2.45) is 0 Å². The zero-order valence-electron chi connectivity index (χ0n) is 13.1. The van der Waals surface area contributed by atoms with Crippen molar-refractivity contribution < 1.29 is 0 Å². The van der Waals surface area contributed by atoms with Gasteiger partial charge in [0.25, 0.3) is 0 Å². The van der Waals surface area contributed by atoms with E-state index in [1.165, 1.54) is 4.46 Å². The van der Waals surface area contributed by atoms with Crippen LogP contribution in [0.4, 0.5) is 0 Å². The summed E-state index contributed by atoms with van der Waals surface area (Å²) in [5.74, 6) is 0. The van der Waals surface area contributed by atoms with Gasteiger partial charge >= 0.3 is 157 Å². The molecule has 0 fully saturated rings. The third kappa shape index (κ3) is 3.64. The van der Waals surface area contributed by atoms with Crippen LogP contribution in [0.15, 0.2) is 79.1 Å². The molecule has 0 radical (unpaired) electrons. The summed E-state index contributed by atoms with van der Waals surface area (Å²) in [5.41, 5.74) is 2.74. The van der Waals surface area contributed by atoms with Crippen LogP contribution in [0.2, 0.25) is 5.02 Å². The van der Waals surface area contributed by atoms with E-state index in [1.54, 1.807) is 4.68 Å². The Bertz CT molecular complexity index is 984. The van der Waals surface area contributed by atoms with Crippen LogP contribution in [0.1, 0.15) is 0 Å². The number of benzene rings is 2. The van der Waals surface area contributed by atoms with E-state index in [0.29, 0.717) is 5.02 Å². The fourth-order valence-corrected chi connectivity index (χ4v) is 4.38. The van der Waals surface area contributed by atoms with Gasteiger partial charge in [-0.05, 0) is 0 Å². The maximum atomic E-state index is 5.95. The number of pyridine rings is 1. The van der Waals surface area contributed by atoms with Crippen molar-refractivity contribution in [2.45, 2.75) is 0 Å². The van der Waals surface area contributed by atoms with Gasteiger partial charge in [0.05, 0.1) is 0 Å². The molecule has 0 aliphatic heterocycles. The molecule has 6 heteroatoms. The van der Waals surface area contributed by atoms with Crippen LogP contribution in [0.25, 0.3) is 16.9 Å². The Labute approximate surface area is 156 Å². The predicted molar refractivity (Wildman–Crippen MR) is 101 cm³/mol. The molecule has 0 saturated carbocycles. The minimum absolute atomic E-state index is 0.101. The molecular weight excluding hydrogens is 399 g/mol. The Morgan fingerprint density at radius 2 is 1.68 bits per heavy atom. The first-order valence-corrected chi connectivity index (χ1v) is 9.75. The van der Waals surface area contributed by atoms with Crippen molar-refractivity contribution in [3.63, 3.8) is 0 Å². The number of hydrogen-bond acceptors (Lipinski definition) is 3. The van der Waals surface area contributed by atoms with Gasteiger partial charge in [-0.15, -0.1) is 0 Å². The fourth-order valence-electron chi connectivity index (χ4n) is 2.37. The van der Waals surface area contributed by atoms with Crippen molar-refractivity contribution in [3.8, 4) is 16.9 Å². The minimum atomic E-state index is 0.101. The number of nitrogens with zero attached hydrogens (tertiary/aromatic N) is 4. The van der Waals surface area contributed by atoms with Gasteiger partial charge in [-0.25, -0.2) is 0 Å². The second-order valence-electron chi connectivity index (χ2n) is 5.30. The second-order valence-corrected chi connectivity index (χ2v) is 7.96. The molecule has 2 aromatic heterocycles. The SMILES string of the molecule is Clc1ccc(-c2cn(-c3cccnc3[Se]c3ccccc3)nn2)cc1. The summed E-state index contributed by atoms with van der Waals surface area (Å²) in [7, 11) is 0. The van der Waals surface area contributed by atoms with E-state index in [0.717, 1.165) is 21.5 Å². The van der Waals surface area contributed by atoms with Crippen LogP contribution < -0.4 is 9.05 Å². The van der Waals surface area contributed by atoms with Crippen molar-refractivity contribution in [3.05, 3.63) is 84.1 Å². The van der Waals surface area contributed by atoms with Crippen LogP contribution in [0.3, 0.4) is 0 Å². The number of hydrogen-bond donors (Lipinski definition) is 0. The van der Waals surface area contributed by atoms with Crippen molar-refractivity contribution in [1.82, 2.24) is 20.0 Å². The third-order valence-corrected chi connectivity index (χ3v) is 5.97. The molecule has 0 aliphatic rings. The Morgan fingerprint density at radius 1 is 0.880 bits per heavy atom. The number of rotatable bonds is 4. The first kappa shape index (κ1) is 16.0. The molecule has 0 aliphatic carbocycles. The van der Waals surface area contributed by atoms with Gasteiger partial charge in [0, 0.05) is 0 Å². The van der Waals surface area contributed by atoms with Gasteiger partial charge in [-0.3, -0.25) is 0 Å². The first-order valence-electron chi connectivity index (χ1n) is 7.66. The van der Waals surface area contributed by atoms with Crippen LogP contribution in [0, 0.1) is 0 Å². The fraction of sp³-hybridized carbons (Fsp3) is 0. The van der Waals surface area contributed by atoms with E-state index in [1.807, 2.05) is 67.0 Å². The zero-order chi connectivity index (χ0) is 17.1. The maximum absolute atomic E-state index is 5.95. The molecule has 0 spiro atoms. The molecular formula is C19H13ClN4Se. The quantitative estimate of drug-likeness (QED) is 0.485. The zero-order valence-corrected chi connectivity index (χ0v) is 15.5. The Morgan fingerprint density at radius 3 is 2.48 bits per heavy atom. The van der Waals surface area contributed by atoms with E-state index in [-0.39, 0.29) is 15.0 Å². The monoisotopic (exact) mass is 412 g/mol. The number of aromatic nitrogens is 4. The molecule has 0 N–H and O–H groups in total. The molecule has 0 amide bonds. The average Bonchev–Trinajstić information content (AvgIpc) is 3.14. The van der Waals surface area contributed by atoms with Crippen LogP contribution in [-0.2, 0) is 0 Å². The van der Waals surface area contributed by atoms with Gasteiger partial charge in [0.2, 0.25) is 0 Å².